The van der Waals surface area contributed by atoms with Crippen molar-refractivity contribution in [1.82, 2.24) is 77.4 Å². The van der Waals surface area contributed by atoms with Crippen molar-refractivity contribution >= 4 is 154 Å². The van der Waals surface area contributed by atoms with Gasteiger partial charge in [0.25, 0.3) is 0 Å². The molecular formula is C124H72N16. The third kappa shape index (κ3) is 10.3. The van der Waals surface area contributed by atoms with Gasteiger partial charge in [-0.15, -0.1) is 0 Å². The van der Waals surface area contributed by atoms with Crippen molar-refractivity contribution in [1.29, 1.82) is 0 Å². The van der Waals surface area contributed by atoms with Crippen LogP contribution in [0.4, 0.5) is 0 Å². The van der Waals surface area contributed by atoms with Crippen molar-refractivity contribution in [2.45, 2.75) is 51.4 Å². The van der Waals surface area contributed by atoms with Crippen LogP contribution in [0.5, 0.6) is 0 Å². The summed E-state index contributed by atoms with van der Waals surface area (Å²) < 4.78 is 8.76. The molecule has 16 nitrogen and oxygen atoms in total. The number of aromatic nitrogens is 16. The van der Waals surface area contributed by atoms with Gasteiger partial charge in [-0.2, -0.15) is 0 Å². The Morgan fingerprint density at radius 2 is 0.486 bits per heavy atom. The third-order valence-corrected chi connectivity index (χ3v) is 31.8. The monoisotopic (exact) mass is 1780 g/mol. The van der Waals surface area contributed by atoms with Crippen LogP contribution in [0, 0.1) is 0 Å². The Bertz CT molecular complexity index is 10700. The fourth-order valence-electron chi connectivity index (χ4n) is 26.0. The van der Waals surface area contributed by atoms with E-state index in [9.17, 15) is 0 Å². The Hall–Kier alpha value is -18.3. The first-order valence-electron chi connectivity index (χ1n) is 48.2. The number of hydrogen-bond acceptors (Lipinski definition) is 12. The predicted octanol–water partition coefficient (Wildman–Crippen LogP) is 26.9. The lowest BCUT2D eigenvalue weighted by atomic mass is 9.92. The summed E-state index contributed by atoms with van der Waals surface area (Å²) in [6.45, 7) is 0. The van der Waals surface area contributed by atoms with E-state index in [1.807, 2.05) is 123 Å². The van der Waals surface area contributed by atoms with Crippen LogP contribution in [-0.2, 0) is 51.4 Å². The van der Waals surface area contributed by atoms with Crippen molar-refractivity contribution in [2.75, 3.05) is 0 Å². The summed E-state index contributed by atoms with van der Waals surface area (Å²) in [5.41, 5.74) is 60.2. The van der Waals surface area contributed by atoms with Crippen LogP contribution in [0.2, 0.25) is 0 Å². The summed E-state index contributed by atoms with van der Waals surface area (Å²) >= 11 is 0. The van der Waals surface area contributed by atoms with Gasteiger partial charge in [-0.1, -0.05) is 140 Å². The van der Waals surface area contributed by atoms with Crippen molar-refractivity contribution in [2.24, 2.45) is 0 Å². The molecular weight excluding hydrogens is 1710 g/mol. The zero-order valence-corrected chi connectivity index (χ0v) is 75.1. The van der Waals surface area contributed by atoms with Crippen molar-refractivity contribution < 1.29 is 0 Å². The minimum absolute atomic E-state index is 0.891. The maximum absolute atomic E-state index is 5.02. The van der Waals surface area contributed by atoms with Crippen molar-refractivity contribution in [3.05, 3.63) is 430 Å². The Morgan fingerprint density at radius 1 is 0.171 bits per heavy atom. The van der Waals surface area contributed by atoms with E-state index in [1.54, 1.807) is 0 Å². The van der Waals surface area contributed by atoms with E-state index in [2.05, 4.69) is 256 Å². The molecule has 0 saturated carbocycles. The van der Waals surface area contributed by atoms with Gasteiger partial charge in [-0.3, -0.25) is 37.5 Å². The van der Waals surface area contributed by atoms with Gasteiger partial charge < -0.3 is 0 Å². The van der Waals surface area contributed by atoms with Crippen molar-refractivity contribution in [3.63, 3.8) is 0 Å². The SMILES string of the molecule is c1ccc2c(c1)Cc1cc3c(cc1-2)-c1ccc2c(c1C3)c1cccnc1n1c3ccncc3nc21.c1ccc2c(c1)Cc1cc3c(cc1-2)Cc1cc2c4cccnc4n4c5ccncc5nc4c2cc1-3.c1ccc2c(c1)Cc1ccc3c(c1-2)-c1ccc2c(c1C3)c1cccnc1n1c3ccncc3nc21.c1ccc2c(c1)Cc1ccc3c(c1-2)Cc1cc2c4cccnc4n4c5ccncc5nc4c2cc1-3. The maximum atomic E-state index is 5.02. The number of benzene rings is 12. The molecule has 0 unspecified atom stereocenters. The van der Waals surface area contributed by atoms with Crippen LogP contribution in [0.3, 0.4) is 0 Å². The normalized spacial score (nSPS) is 13.5. The molecule has 8 aliphatic rings. The fourth-order valence-corrected chi connectivity index (χ4v) is 26.0. The second-order valence-corrected chi connectivity index (χ2v) is 38.8. The first kappa shape index (κ1) is 75.1. The predicted molar refractivity (Wildman–Crippen MR) is 559 cm³/mol. The lowest BCUT2D eigenvalue weighted by molar-refractivity contribution is 1.21. The highest BCUT2D eigenvalue weighted by atomic mass is 15.1. The van der Waals surface area contributed by atoms with Gasteiger partial charge >= 0.3 is 0 Å². The smallest absolute Gasteiger partial charge is 0.147 e. The molecule has 8 aliphatic carbocycles. The molecule has 0 amide bonds. The van der Waals surface area contributed by atoms with Crippen LogP contribution >= 0.6 is 0 Å². The number of rotatable bonds is 0. The lowest BCUT2D eigenvalue weighted by Crippen LogP contribution is -1.96. The Morgan fingerprint density at radius 3 is 1.01 bits per heavy atom. The summed E-state index contributed by atoms with van der Waals surface area (Å²) in [6.07, 6.45) is 30.0. The summed E-state index contributed by atoms with van der Waals surface area (Å²) in [7, 11) is 0. The molecule has 0 fully saturated rings. The highest BCUT2D eigenvalue weighted by molar-refractivity contribution is 6.21. The second-order valence-electron chi connectivity index (χ2n) is 38.8. The third-order valence-electron chi connectivity index (χ3n) is 31.8. The largest absolute Gasteiger partial charge is 0.276 e. The number of nitrogens with zero attached hydrogens (tertiary/aromatic N) is 16. The van der Waals surface area contributed by atoms with Gasteiger partial charge in [0.15, 0.2) is 0 Å². The lowest BCUT2D eigenvalue weighted by Gasteiger charge is -2.13. The number of fused-ring (bicyclic) bond motifs is 60. The molecule has 16 aromatic heterocycles. The Balaban J connectivity index is 0.0000000829. The molecule has 16 heteroatoms. The molecule has 0 spiro atoms. The first-order valence-corrected chi connectivity index (χ1v) is 48.2. The van der Waals surface area contributed by atoms with Crippen molar-refractivity contribution in [3.8, 4) is 89.0 Å². The van der Waals surface area contributed by atoms with Gasteiger partial charge in [0, 0.05) is 103 Å². The average molecular weight is 1790 g/mol. The van der Waals surface area contributed by atoms with Crippen LogP contribution in [-0.4, -0.2) is 77.4 Å². The highest BCUT2D eigenvalue weighted by Gasteiger charge is 2.36. The van der Waals surface area contributed by atoms with Gasteiger partial charge in [0.1, 0.15) is 67.2 Å². The molecule has 28 aromatic rings. The quantitative estimate of drug-likeness (QED) is 0.132. The van der Waals surface area contributed by atoms with E-state index in [-0.39, 0.29) is 0 Å². The number of imidazole rings is 4. The fraction of sp³-hybridized carbons (Fsp3) is 0.0645. The van der Waals surface area contributed by atoms with E-state index < -0.39 is 0 Å². The molecule has 0 radical (unpaired) electrons. The van der Waals surface area contributed by atoms with E-state index in [0.29, 0.717) is 0 Å². The summed E-state index contributed by atoms with van der Waals surface area (Å²) in [6, 6.07) is 98.2. The van der Waals surface area contributed by atoms with E-state index in [0.717, 1.165) is 162 Å². The molecule has 0 aliphatic heterocycles. The molecule has 0 N–H and O–H groups in total. The topological polar surface area (TPSA) is 172 Å². The summed E-state index contributed by atoms with van der Waals surface area (Å²) in [5, 5.41) is 14.3. The highest BCUT2D eigenvalue weighted by Crippen LogP contribution is 2.56. The van der Waals surface area contributed by atoms with Crippen LogP contribution < -0.4 is 0 Å². The van der Waals surface area contributed by atoms with Gasteiger partial charge in [-0.25, -0.2) is 39.9 Å². The molecule has 36 rings (SSSR count). The first-order chi connectivity index (χ1) is 69.4. The van der Waals surface area contributed by atoms with E-state index in [4.69, 9.17) is 39.9 Å². The van der Waals surface area contributed by atoms with Gasteiger partial charge in [-0.05, 0) is 368 Å². The minimum atomic E-state index is 0.891. The molecule has 0 saturated heterocycles. The second kappa shape index (κ2) is 27.7. The van der Waals surface area contributed by atoms with E-state index >= 15 is 0 Å². The van der Waals surface area contributed by atoms with Crippen LogP contribution in [0.15, 0.2) is 341 Å². The zero-order valence-electron chi connectivity index (χ0n) is 75.1. The number of pyridine rings is 12. The summed E-state index contributed by atoms with van der Waals surface area (Å²) in [5.74, 6) is 0. The van der Waals surface area contributed by atoms with Gasteiger partial charge in [0.05, 0.1) is 46.9 Å². The number of hydrogen-bond donors (Lipinski definition) is 0. The zero-order chi connectivity index (χ0) is 90.7. The summed E-state index contributed by atoms with van der Waals surface area (Å²) in [4.78, 5) is 56.5. The molecule has 140 heavy (non-hydrogen) atoms. The van der Waals surface area contributed by atoms with Gasteiger partial charge in [0.2, 0.25) is 0 Å². The van der Waals surface area contributed by atoms with E-state index in [1.165, 1.54) is 221 Å². The minimum Gasteiger partial charge on any atom is -0.276 e. The molecule has 12 aromatic carbocycles. The maximum Gasteiger partial charge on any atom is 0.147 e. The molecule has 648 valence electrons. The standard InChI is InChI=1S/4C31H18N4/c1-2-5-20-17(4-1)14-18-7-8-19-15-24-21(28(19)27(18)20)9-10-23-29(24)22-6-3-12-33-30(22)35-26-11-13-32-16-25(26)34-31(23)35;1-2-5-20-17(4-1)12-18-13-19-14-26-21(25(19)15-24(18)20)7-8-23-29(26)22-6-3-10-33-30(22)35-28-9-11-32-16-27(28)34-31(23)35;1-2-5-20-17(4-1)12-18-7-8-21-23-15-26-24(13-19(23)14-25(21)29(18)20)22-6-3-10-33-30(22)35-28-9-11-32-16-27(28)34-31(26)35;1-2-5-21-17(4-1)10-18-13-24-19(12-23(18)21)11-20-14-26-22-6-3-8-33-30(22)35-29-7-9-32-16-28(29)34-31(35)27(26)15-25(20)24/h1-13,16H,14-15H2;2*1-11,13,15-16H,12,14H2;1-9,12-16H,10-11H2. The Labute approximate surface area is 796 Å². The average Bonchev–Trinajstić information content (AvgIpc) is 1.52. The Kier molecular flexibility index (Phi) is 14.9. The van der Waals surface area contributed by atoms with Crippen LogP contribution in [0.1, 0.15) is 89.0 Å². The van der Waals surface area contributed by atoms with Crippen LogP contribution in [0.25, 0.3) is 243 Å². The molecule has 16 heterocycles. The molecule has 0 atom stereocenters. The molecule has 0 bridgehead atoms.